The average Bonchev–Trinajstić information content (AvgIpc) is 2.23. The van der Waals surface area contributed by atoms with Crippen LogP contribution in [0.3, 0.4) is 0 Å². The Labute approximate surface area is 108 Å². The first kappa shape index (κ1) is 14.0. The number of nitrogens with two attached hydrogens (primary N) is 1. The van der Waals surface area contributed by atoms with Gasteiger partial charge in [0.25, 0.3) is 0 Å². The van der Waals surface area contributed by atoms with Gasteiger partial charge in [-0.25, -0.2) is 0 Å². The summed E-state index contributed by atoms with van der Waals surface area (Å²) in [5.41, 5.74) is 6.55. The maximum Gasteiger partial charge on any atom is 0.237 e. The summed E-state index contributed by atoms with van der Waals surface area (Å²) in [7, 11) is -1.15. The van der Waals surface area contributed by atoms with Crippen molar-refractivity contribution < 1.29 is 9.00 Å². The van der Waals surface area contributed by atoms with E-state index < -0.39 is 10.8 Å². The van der Waals surface area contributed by atoms with Gasteiger partial charge in [0.15, 0.2) is 0 Å². The zero-order chi connectivity index (χ0) is 13.0. The number of anilines is 2. The molecule has 0 radical (unpaired) electrons. The lowest BCUT2D eigenvalue weighted by molar-refractivity contribution is -0.113. The van der Waals surface area contributed by atoms with Crippen molar-refractivity contribution in [3.8, 4) is 0 Å². The number of halogens is 1. The van der Waals surface area contributed by atoms with E-state index in [0.717, 1.165) is 0 Å². The van der Waals surface area contributed by atoms with Crippen LogP contribution in [0.25, 0.3) is 0 Å². The van der Waals surface area contributed by atoms with Crippen LogP contribution in [0, 0.1) is 0 Å². The Hall–Kier alpha value is -1.07. The number of carbonyl (C=O) groups is 1. The van der Waals surface area contributed by atoms with E-state index in [1.807, 2.05) is 13.8 Å². The predicted molar refractivity (Wildman–Crippen MR) is 72.6 cm³/mol. The van der Waals surface area contributed by atoms with Crippen molar-refractivity contribution in [1.29, 1.82) is 0 Å². The largest absolute Gasteiger partial charge is 0.397 e. The van der Waals surface area contributed by atoms with Crippen molar-refractivity contribution in [2.75, 3.05) is 16.8 Å². The van der Waals surface area contributed by atoms with Gasteiger partial charge < -0.3 is 11.1 Å². The maximum atomic E-state index is 11.5. The monoisotopic (exact) mass is 274 g/mol. The highest BCUT2D eigenvalue weighted by atomic mass is 35.5. The zero-order valence-corrected chi connectivity index (χ0v) is 11.3. The molecule has 0 aromatic heterocycles. The van der Waals surface area contributed by atoms with Crippen LogP contribution in [0.15, 0.2) is 18.2 Å². The van der Waals surface area contributed by atoms with Gasteiger partial charge in [0, 0.05) is 21.7 Å². The SMILES string of the molecule is CC(C)S(=O)CC(=O)Nc1ccc(Cl)c(N)c1. The third-order valence-corrected chi connectivity index (χ3v) is 4.02. The van der Waals surface area contributed by atoms with E-state index in [2.05, 4.69) is 5.32 Å². The molecule has 6 heteroatoms. The summed E-state index contributed by atoms with van der Waals surface area (Å²) in [6.45, 7) is 3.62. The van der Waals surface area contributed by atoms with E-state index >= 15 is 0 Å². The number of carbonyl (C=O) groups excluding carboxylic acids is 1. The Morgan fingerprint density at radius 3 is 2.71 bits per heavy atom. The van der Waals surface area contributed by atoms with Gasteiger partial charge in [-0.3, -0.25) is 9.00 Å². The average molecular weight is 275 g/mol. The zero-order valence-electron chi connectivity index (χ0n) is 9.70. The van der Waals surface area contributed by atoms with Crippen molar-refractivity contribution in [3.05, 3.63) is 23.2 Å². The Balaban J connectivity index is 2.62. The predicted octanol–water partition coefficient (Wildman–Crippen LogP) is 2.02. The van der Waals surface area contributed by atoms with Gasteiger partial charge in [0.1, 0.15) is 5.75 Å². The summed E-state index contributed by atoms with van der Waals surface area (Å²) < 4.78 is 11.5. The van der Waals surface area contributed by atoms with Crippen molar-refractivity contribution in [2.24, 2.45) is 0 Å². The fraction of sp³-hybridized carbons (Fsp3) is 0.364. The summed E-state index contributed by atoms with van der Waals surface area (Å²) in [4.78, 5) is 11.5. The molecule has 0 saturated heterocycles. The van der Waals surface area contributed by atoms with Crippen molar-refractivity contribution in [1.82, 2.24) is 0 Å². The molecule has 1 rings (SSSR count). The van der Waals surface area contributed by atoms with Crippen molar-refractivity contribution in [3.63, 3.8) is 0 Å². The van der Waals surface area contributed by atoms with Gasteiger partial charge in [0.2, 0.25) is 5.91 Å². The Morgan fingerprint density at radius 2 is 2.18 bits per heavy atom. The van der Waals surface area contributed by atoms with E-state index in [1.54, 1.807) is 18.2 Å². The second-order valence-electron chi connectivity index (χ2n) is 3.86. The standard InChI is InChI=1S/C11H15ClN2O2S/c1-7(2)17(16)6-11(15)14-8-3-4-9(12)10(13)5-8/h3-5,7H,6,13H2,1-2H3,(H,14,15). The minimum atomic E-state index is -1.15. The van der Waals surface area contributed by atoms with Gasteiger partial charge in [-0.1, -0.05) is 25.4 Å². The smallest absolute Gasteiger partial charge is 0.237 e. The molecule has 94 valence electrons. The summed E-state index contributed by atoms with van der Waals surface area (Å²) in [6.07, 6.45) is 0. The van der Waals surface area contributed by atoms with Gasteiger partial charge in [-0.05, 0) is 18.2 Å². The highest BCUT2D eigenvalue weighted by Crippen LogP contribution is 2.22. The van der Waals surface area contributed by atoms with Gasteiger partial charge in [-0.15, -0.1) is 0 Å². The molecule has 4 nitrogen and oxygen atoms in total. The molecular weight excluding hydrogens is 260 g/mol. The van der Waals surface area contributed by atoms with E-state index in [-0.39, 0.29) is 16.9 Å². The van der Waals surface area contributed by atoms with Crippen LogP contribution in [0.2, 0.25) is 5.02 Å². The van der Waals surface area contributed by atoms with E-state index in [1.165, 1.54) is 0 Å². The molecule has 0 bridgehead atoms. The molecule has 0 fully saturated rings. The molecule has 0 saturated carbocycles. The molecule has 0 spiro atoms. The summed E-state index contributed by atoms with van der Waals surface area (Å²) in [5, 5.41) is 3.03. The number of hydrogen-bond donors (Lipinski definition) is 2. The number of amides is 1. The molecule has 0 aliphatic carbocycles. The minimum absolute atomic E-state index is 0.0137. The highest BCUT2D eigenvalue weighted by Gasteiger charge is 2.11. The summed E-state index contributed by atoms with van der Waals surface area (Å²) in [5.74, 6) is -0.307. The Kier molecular flexibility index (Phi) is 4.96. The summed E-state index contributed by atoms with van der Waals surface area (Å²) in [6, 6.07) is 4.82. The number of hydrogen-bond acceptors (Lipinski definition) is 3. The molecule has 0 aliphatic rings. The third-order valence-electron chi connectivity index (χ3n) is 2.08. The van der Waals surface area contributed by atoms with Crippen LogP contribution < -0.4 is 11.1 Å². The fourth-order valence-corrected chi connectivity index (χ4v) is 1.90. The number of rotatable bonds is 4. The molecule has 1 aromatic carbocycles. The number of nitrogen functional groups attached to an aromatic ring is 1. The van der Waals surface area contributed by atoms with Crippen molar-refractivity contribution >= 4 is 39.7 Å². The first-order valence-corrected chi connectivity index (χ1v) is 6.88. The fourth-order valence-electron chi connectivity index (χ4n) is 1.11. The van der Waals surface area contributed by atoms with Gasteiger partial charge in [-0.2, -0.15) is 0 Å². The van der Waals surface area contributed by atoms with E-state index in [9.17, 15) is 9.00 Å². The highest BCUT2D eigenvalue weighted by molar-refractivity contribution is 7.86. The lowest BCUT2D eigenvalue weighted by Gasteiger charge is -2.08. The second-order valence-corrected chi connectivity index (χ2v) is 6.26. The van der Waals surface area contributed by atoms with Crippen molar-refractivity contribution in [2.45, 2.75) is 19.1 Å². The first-order chi connectivity index (χ1) is 7.90. The normalized spacial score (nSPS) is 12.5. The topological polar surface area (TPSA) is 72.2 Å². The molecular formula is C11H15ClN2O2S. The van der Waals surface area contributed by atoms with Crippen LogP contribution in [0.5, 0.6) is 0 Å². The van der Waals surface area contributed by atoms with Crippen LogP contribution in [-0.4, -0.2) is 21.1 Å². The second kappa shape index (κ2) is 6.02. The van der Waals surface area contributed by atoms with Gasteiger partial charge >= 0.3 is 0 Å². The quantitative estimate of drug-likeness (QED) is 0.825. The number of benzene rings is 1. The Bertz CT molecular complexity index is 449. The lowest BCUT2D eigenvalue weighted by atomic mass is 10.3. The molecule has 0 aliphatic heterocycles. The number of nitrogens with one attached hydrogen (secondary N) is 1. The van der Waals surface area contributed by atoms with Crippen LogP contribution in [-0.2, 0) is 15.6 Å². The molecule has 3 N–H and O–H groups in total. The molecule has 1 aromatic rings. The van der Waals surface area contributed by atoms with E-state index in [4.69, 9.17) is 17.3 Å². The molecule has 0 heterocycles. The van der Waals surface area contributed by atoms with Crippen LogP contribution in [0.1, 0.15) is 13.8 Å². The van der Waals surface area contributed by atoms with Crippen LogP contribution >= 0.6 is 11.6 Å². The molecule has 1 unspecified atom stereocenters. The molecule has 1 atom stereocenters. The van der Waals surface area contributed by atoms with Gasteiger partial charge in [0.05, 0.1) is 10.7 Å². The molecule has 17 heavy (non-hydrogen) atoms. The lowest BCUT2D eigenvalue weighted by Crippen LogP contribution is -2.23. The van der Waals surface area contributed by atoms with E-state index in [0.29, 0.717) is 16.4 Å². The first-order valence-electron chi connectivity index (χ1n) is 5.12. The van der Waals surface area contributed by atoms with Crippen LogP contribution in [0.4, 0.5) is 11.4 Å². The molecule has 1 amide bonds. The minimum Gasteiger partial charge on any atom is -0.397 e. The third kappa shape index (κ3) is 4.36. The Morgan fingerprint density at radius 1 is 1.53 bits per heavy atom. The maximum absolute atomic E-state index is 11.5. The summed E-state index contributed by atoms with van der Waals surface area (Å²) >= 11 is 5.76.